The molecule has 1 amide bonds. The summed E-state index contributed by atoms with van der Waals surface area (Å²) in [6.07, 6.45) is 6.43. The predicted molar refractivity (Wildman–Crippen MR) is 102 cm³/mol. The number of aromatic nitrogens is 3. The van der Waals surface area contributed by atoms with Gasteiger partial charge in [-0.1, -0.05) is 17.7 Å². The zero-order valence-corrected chi connectivity index (χ0v) is 15.2. The van der Waals surface area contributed by atoms with Crippen LogP contribution in [0.1, 0.15) is 16.8 Å². The Hall–Kier alpha value is -2.80. The Morgan fingerprint density at radius 2 is 2.31 bits per heavy atom. The Kier molecular flexibility index (Phi) is 4.62. The van der Waals surface area contributed by atoms with Crippen molar-refractivity contribution < 1.29 is 4.79 Å². The first kappa shape index (κ1) is 16.7. The lowest BCUT2D eigenvalue weighted by Gasteiger charge is -2.11. The summed E-state index contributed by atoms with van der Waals surface area (Å²) in [5, 5.41) is 9.15. The number of rotatable bonds is 5. The summed E-state index contributed by atoms with van der Waals surface area (Å²) >= 11 is 1.54. The van der Waals surface area contributed by atoms with E-state index in [2.05, 4.69) is 44.6 Å². The fourth-order valence-electron chi connectivity index (χ4n) is 3.04. The molecule has 0 aliphatic carbocycles. The first-order chi connectivity index (χ1) is 12.7. The van der Waals surface area contributed by atoms with Gasteiger partial charge in [0.05, 0.1) is 11.9 Å². The van der Waals surface area contributed by atoms with Gasteiger partial charge in [-0.15, -0.1) is 11.3 Å². The zero-order valence-electron chi connectivity index (χ0n) is 14.4. The number of anilines is 1. The molecule has 6 nitrogen and oxygen atoms in total. The van der Waals surface area contributed by atoms with Gasteiger partial charge in [-0.05, 0) is 18.6 Å². The number of nitrogens with one attached hydrogen (secondary N) is 2. The molecule has 0 bridgehead atoms. The Bertz CT molecular complexity index is 925. The summed E-state index contributed by atoms with van der Waals surface area (Å²) < 4.78 is 0. The van der Waals surface area contributed by atoms with E-state index in [9.17, 15) is 4.79 Å². The Balaban J connectivity index is 1.29. The lowest BCUT2D eigenvalue weighted by molar-refractivity contribution is -0.121. The molecule has 3 aromatic rings. The van der Waals surface area contributed by atoms with E-state index >= 15 is 0 Å². The normalized spacial score (nSPS) is 15.3. The maximum absolute atomic E-state index is 12.4. The van der Waals surface area contributed by atoms with Gasteiger partial charge in [-0.25, -0.2) is 4.98 Å². The SMILES string of the molecule is Cc1ccc2c(c1)C[C@H](C(=O)NCCc1csc(-c3cnccn3)n1)N2. The van der Waals surface area contributed by atoms with Gasteiger partial charge in [0.15, 0.2) is 0 Å². The second-order valence-electron chi connectivity index (χ2n) is 6.34. The largest absolute Gasteiger partial charge is 0.373 e. The van der Waals surface area contributed by atoms with Crippen LogP contribution in [0.4, 0.5) is 5.69 Å². The molecular weight excluding hydrogens is 346 g/mol. The van der Waals surface area contributed by atoms with Crippen LogP contribution >= 0.6 is 11.3 Å². The van der Waals surface area contributed by atoms with Crippen molar-refractivity contribution in [1.82, 2.24) is 20.3 Å². The molecule has 1 atom stereocenters. The van der Waals surface area contributed by atoms with E-state index in [0.717, 1.165) is 28.5 Å². The zero-order chi connectivity index (χ0) is 17.9. The molecule has 0 spiro atoms. The summed E-state index contributed by atoms with van der Waals surface area (Å²) in [5.41, 5.74) is 5.21. The third-order valence-corrected chi connectivity index (χ3v) is 5.26. The molecule has 0 unspecified atom stereocenters. The van der Waals surface area contributed by atoms with Crippen molar-refractivity contribution >= 4 is 22.9 Å². The van der Waals surface area contributed by atoms with Crippen molar-refractivity contribution in [2.45, 2.75) is 25.8 Å². The van der Waals surface area contributed by atoms with Gasteiger partial charge < -0.3 is 10.6 Å². The van der Waals surface area contributed by atoms with E-state index in [4.69, 9.17) is 0 Å². The smallest absolute Gasteiger partial charge is 0.242 e. The molecule has 4 rings (SSSR count). The van der Waals surface area contributed by atoms with E-state index in [1.807, 2.05) is 11.4 Å². The van der Waals surface area contributed by atoms with Crippen molar-refractivity contribution in [1.29, 1.82) is 0 Å². The Labute approximate surface area is 155 Å². The molecule has 3 heterocycles. The van der Waals surface area contributed by atoms with Gasteiger partial charge in [-0.2, -0.15) is 0 Å². The minimum Gasteiger partial charge on any atom is -0.373 e. The molecule has 1 aliphatic rings. The van der Waals surface area contributed by atoms with Gasteiger partial charge in [0, 0.05) is 42.8 Å². The minimum absolute atomic E-state index is 0.0308. The predicted octanol–water partition coefficient (Wildman–Crippen LogP) is 2.60. The summed E-state index contributed by atoms with van der Waals surface area (Å²) in [6.45, 7) is 2.63. The van der Waals surface area contributed by atoms with Crippen LogP contribution in [-0.2, 0) is 17.6 Å². The van der Waals surface area contributed by atoms with Gasteiger partial charge in [0.25, 0.3) is 0 Å². The number of nitrogens with zero attached hydrogens (tertiary/aromatic N) is 3. The summed E-state index contributed by atoms with van der Waals surface area (Å²) in [6, 6.07) is 6.04. The van der Waals surface area contributed by atoms with Crippen LogP contribution in [0.3, 0.4) is 0 Å². The van der Waals surface area contributed by atoms with Crippen LogP contribution in [0, 0.1) is 6.92 Å². The number of fused-ring (bicyclic) bond motifs is 1. The maximum Gasteiger partial charge on any atom is 0.242 e. The van der Waals surface area contributed by atoms with E-state index in [-0.39, 0.29) is 11.9 Å². The van der Waals surface area contributed by atoms with Crippen molar-refractivity contribution in [3.05, 3.63) is 59.0 Å². The number of hydrogen-bond donors (Lipinski definition) is 2. The fourth-order valence-corrected chi connectivity index (χ4v) is 3.85. The number of carbonyl (C=O) groups is 1. The standard InChI is InChI=1S/C19H19N5OS/c1-12-2-3-15-13(8-12)9-16(24-15)18(25)22-5-4-14-11-26-19(23-14)17-10-20-6-7-21-17/h2-3,6-8,10-11,16,24H,4-5,9H2,1H3,(H,22,25)/t16-/m1/s1. The minimum atomic E-state index is -0.197. The van der Waals surface area contributed by atoms with E-state index in [1.54, 1.807) is 29.9 Å². The molecule has 0 saturated carbocycles. The number of carbonyl (C=O) groups excluding carboxylic acids is 1. The quantitative estimate of drug-likeness (QED) is 0.726. The molecule has 1 aliphatic heterocycles. The monoisotopic (exact) mass is 365 g/mol. The van der Waals surface area contributed by atoms with Gasteiger partial charge in [-0.3, -0.25) is 14.8 Å². The molecular formula is C19H19N5OS. The molecule has 0 fully saturated rings. The highest BCUT2D eigenvalue weighted by molar-refractivity contribution is 7.13. The lowest BCUT2D eigenvalue weighted by atomic mass is 10.1. The Morgan fingerprint density at radius 3 is 3.15 bits per heavy atom. The number of thiazole rings is 1. The second-order valence-corrected chi connectivity index (χ2v) is 7.20. The van der Waals surface area contributed by atoms with E-state index < -0.39 is 0 Å². The molecule has 0 saturated heterocycles. The fraction of sp³-hybridized carbons (Fsp3) is 0.263. The van der Waals surface area contributed by atoms with Crippen molar-refractivity contribution in [3.63, 3.8) is 0 Å². The van der Waals surface area contributed by atoms with Crippen LogP contribution in [0.25, 0.3) is 10.7 Å². The van der Waals surface area contributed by atoms with Gasteiger partial charge in [0.1, 0.15) is 16.7 Å². The molecule has 1 aromatic carbocycles. The van der Waals surface area contributed by atoms with Crippen molar-refractivity contribution in [2.24, 2.45) is 0 Å². The molecule has 2 N–H and O–H groups in total. The third-order valence-electron chi connectivity index (χ3n) is 4.35. The molecule has 132 valence electrons. The summed E-state index contributed by atoms with van der Waals surface area (Å²) in [4.78, 5) is 25.3. The molecule has 0 radical (unpaired) electrons. The summed E-state index contributed by atoms with van der Waals surface area (Å²) in [5.74, 6) is 0.0308. The summed E-state index contributed by atoms with van der Waals surface area (Å²) in [7, 11) is 0. The first-order valence-corrected chi connectivity index (χ1v) is 9.41. The van der Waals surface area contributed by atoms with Crippen molar-refractivity contribution in [3.8, 4) is 10.7 Å². The highest BCUT2D eigenvalue weighted by Crippen LogP contribution is 2.26. The topological polar surface area (TPSA) is 79.8 Å². The number of amides is 1. The van der Waals surface area contributed by atoms with Crippen LogP contribution in [0.5, 0.6) is 0 Å². The number of benzene rings is 1. The van der Waals surface area contributed by atoms with Crippen LogP contribution in [0.15, 0.2) is 42.2 Å². The average Bonchev–Trinajstić information content (AvgIpc) is 3.29. The van der Waals surface area contributed by atoms with E-state index in [1.165, 1.54) is 11.1 Å². The van der Waals surface area contributed by atoms with Crippen LogP contribution in [0.2, 0.25) is 0 Å². The Morgan fingerprint density at radius 1 is 1.38 bits per heavy atom. The molecule has 2 aromatic heterocycles. The van der Waals surface area contributed by atoms with Gasteiger partial charge >= 0.3 is 0 Å². The second kappa shape index (κ2) is 7.21. The van der Waals surface area contributed by atoms with Crippen LogP contribution in [-0.4, -0.2) is 33.4 Å². The average molecular weight is 365 g/mol. The van der Waals surface area contributed by atoms with Crippen molar-refractivity contribution in [2.75, 3.05) is 11.9 Å². The third kappa shape index (κ3) is 3.57. The number of aryl methyl sites for hydroxylation is 1. The van der Waals surface area contributed by atoms with E-state index in [0.29, 0.717) is 13.0 Å². The first-order valence-electron chi connectivity index (χ1n) is 8.53. The molecule has 7 heteroatoms. The van der Waals surface area contributed by atoms with Gasteiger partial charge in [0.2, 0.25) is 5.91 Å². The highest BCUT2D eigenvalue weighted by atomic mass is 32.1. The number of hydrogen-bond acceptors (Lipinski definition) is 6. The lowest BCUT2D eigenvalue weighted by Crippen LogP contribution is -2.39. The maximum atomic E-state index is 12.4. The van der Waals surface area contributed by atoms with Crippen LogP contribution < -0.4 is 10.6 Å². The highest BCUT2D eigenvalue weighted by Gasteiger charge is 2.26. The molecule has 26 heavy (non-hydrogen) atoms.